The lowest BCUT2D eigenvalue weighted by Gasteiger charge is -2.11. The van der Waals surface area contributed by atoms with Crippen LogP contribution in [0.25, 0.3) is 0 Å². The lowest BCUT2D eigenvalue weighted by Crippen LogP contribution is -2.17. The third kappa shape index (κ3) is 4.66. The molecule has 11 nitrogen and oxygen atoms in total. The Bertz CT molecular complexity index is 900. The van der Waals surface area contributed by atoms with Gasteiger partial charge in [-0.25, -0.2) is 4.98 Å². The van der Waals surface area contributed by atoms with Crippen LogP contribution in [0.3, 0.4) is 0 Å². The molecule has 11 heteroatoms. The van der Waals surface area contributed by atoms with Crippen molar-refractivity contribution in [1.29, 1.82) is 0 Å². The van der Waals surface area contributed by atoms with Crippen LogP contribution in [-0.2, 0) is 0 Å². The molecule has 0 saturated heterocycles. The number of tetrazole rings is 1. The van der Waals surface area contributed by atoms with Gasteiger partial charge < -0.3 is 14.8 Å². The minimum absolute atomic E-state index is 0.0417. The van der Waals surface area contributed by atoms with Crippen molar-refractivity contribution in [3.63, 3.8) is 0 Å². The fourth-order valence-electron chi connectivity index (χ4n) is 2.10. The maximum atomic E-state index is 12.4. The Labute approximate surface area is 154 Å². The van der Waals surface area contributed by atoms with Gasteiger partial charge in [0, 0.05) is 18.0 Å². The van der Waals surface area contributed by atoms with E-state index >= 15 is 0 Å². The van der Waals surface area contributed by atoms with Gasteiger partial charge >= 0.3 is 0 Å². The first-order valence-electron chi connectivity index (χ1n) is 8.15. The number of benzene rings is 1. The molecule has 1 aromatic carbocycles. The maximum Gasteiger partial charge on any atom is 0.270 e. The largest absolute Gasteiger partial charge is 0.497 e. The van der Waals surface area contributed by atoms with Crippen molar-refractivity contribution in [2.24, 2.45) is 0 Å². The highest BCUT2D eigenvalue weighted by Crippen LogP contribution is 2.22. The van der Waals surface area contributed by atoms with E-state index in [9.17, 15) is 4.79 Å². The van der Waals surface area contributed by atoms with E-state index in [1.807, 2.05) is 25.1 Å². The van der Waals surface area contributed by atoms with Gasteiger partial charge in [-0.3, -0.25) is 10.1 Å². The quantitative estimate of drug-likeness (QED) is 0.541. The molecule has 0 aliphatic rings. The van der Waals surface area contributed by atoms with Crippen molar-refractivity contribution in [1.82, 2.24) is 30.6 Å². The summed E-state index contributed by atoms with van der Waals surface area (Å²) in [5.41, 5.74) is 0.893. The van der Waals surface area contributed by atoms with Gasteiger partial charge in [-0.05, 0) is 23.8 Å². The van der Waals surface area contributed by atoms with Crippen LogP contribution in [0, 0.1) is 0 Å². The van der Waals surface area contributed by atoms with E-state index in [0.717, 1.165) is 12.1 Å². The van der Waals surface area contributed by atoms with Crippen LogP contribution in [-0.4, -0.2) is 50.2 Å². The molecule has 0 aliphatic heterocycles. The summed E-state index contributed by atoms with van der Waals surface area (Å²) < 4.78 is 10.8. The Morgan fingerprint density at radius 2 is 2.19 bits per heavy atom. The number of nitrogens with one attached hydrogen (secondary N) is 3. The number of anilines is 3. The second-order valence-corrected chi connectivity index (χ2v) is 5.31. The van der Waals surface area contributed by atoms with Gasteiger partial charge in [0.1, 0.15) is 11.3 Å². The zero-order valence-corrected chi connectivity index (χ0v) is 14.8. The fourth-order valence-corrected chi connectivity index (χ4v) is 2.10. The number of rotatable bonds is 8. The van der Waals surface area contributed by atoms with Gasteiger partial charge in [0.05, 0.1) is 13.7 Å². The second-order valence-electron chi connectivity index (χ2n) is 5.31. The molecule has 0 bridgehead atoms. The first-order valence-corrected chi connectivity index (χ1v) is 8.15. The molecule has 0 unspecified atom stereocenters. The number of ether oxygens (including phenoxy) is 2. The number of amides is 1. The molecule has 1 amide bonds. The predicted molar refractivity (Wildman–Crippen MR) is 96.2 cm³/mol. The molecule has 0 radical (unpaired) electrons. The normalized spacial score (nSPS) is 10.3. The summed E-state index contributed by atoms with van der Waals surface area (Å²) >= 11 is 0. The Hall–Kier alpha value is -3.76. The van der Waals surface area contributed by atoms with Crippen LogP contribution in [0.15, 0.2) is 30.5 Å². The third-order valence-corrected chi connectivity index (χ3v) is 3.34. The highest BCUT2D eigenvalue weighted by atomic mass is 16.5. The second kappa shape index (κ2) is 8.56. The van der Waals surface area contributed by atoms with Crippen molar-refractivity contribution in [3.8, 4) is 11.6 Å². The van der Waals surface area contributed by atoms with Crippen molar-refractivity contribution in [3.05, 3.63) is 36.0 Å². The van der Waals surface area contributed by atoms with Crippen LogP contribution >= 0.6 is 0 Å². The zero-order valence-electron chi connectivity index (χ0n) is 14.8. The van der Waals surface area contributed by atoms with Crippen LogP contribution in [0.1, 0.15) is 23.7 Å². The van der Waals surface area contributed by atoms with Crippen LogP contribution < -0.4 is 20.1 Å². The van der Waals surface area contributed by atoms with E-state index in [0.29, 0.717) is 12.4 Å². The lowest BCUT2D eigenvalue weighted by atomic mass is 10.3. The Morgan fingerprint density at radius 3 is 2.93 bits per heavy atom. The lowest BCUT2D eigenvalue weighted by molar-refractivity contribution is 0.102. The number of hydrogen-bond acceptors (Lipinski definition) is 9. The number of nitrogens with zero attached hydrogens (tertiary/aromatic N) is 5. The van der Waals surface area contributed by atoms with E-state index in [1.165, 1.54) is 6.20 Å². The molecule has 3 N–H and O–H groups in total. The minimum Gasteiger partial charge on any atom is -0.497 e. The van der Waals surface area contributed by atoms with Crippen molar-refractivity contribution >= 4 is 23.5 Å². The number of H-pyrrole nitrogens is 1. The summed E-state index contributed by atoms with van der Waals surface area (Å²) in [5.74, 6) is 0.665. The number of aromatic nitrogens is 6. The molecule has 2 heterocycles. The fraction of sp³-hybridized carbons (Fsp3) is 0.250. The highest BCUT2D eigenvalue weighted by Gasteiger charge is 2.18. The molecule has 2 aromatic heterocycles. The Balaban J connectivity index is 1.83. The molecule has 0 saturated carbocycles. The molecule has 0 spiro atoms. The standard InChI is InChI=1S/C16H18N8O3/c1-3-7-27-14-12(13(25)19-16-21-23-24-22-16)9-17-15(20-14)18-10-5-4-6-11(8-10)26-2/h4-6,8-9H,3,7H2,1-2H3,(H,17,18,20)(H2,19,21,22,23,24,25). The zero-order chi connectivity index (χ0) is 19.1. The number of hydrogen-bond donors (Lipinski definition) is 3. The summed E-state index contributed by atoms with van der Waals surface area (Å²) in [4.78, 5) is 20.9. The SMILES string of the molecule is CCCOc1nc(Nc2cccc(OC)c2)ncc1C(=O)Nc1nn[nH]n1. The molecular weight excluding hydrogens is 352 g/mol. The summed E-state index contributed by atoms with van der Waals surface area (Å²) in [6, 6.07) is 7.30. The van der Waals surface area contributed by atoms with Crippen LogP contribution in [0.4, 0.5) is 17.6 Å². The molecule has 0 fully saturated rings. The van der Waals surface area contributed by atoms with Crippen molar-refractivity contribution < 1.29 is 14.3 Å². The van der Waals surface area contributed by atoms with E-state index in [2.05, 4.69) is 41.2 Å². The Kier molecular flexibility index (Phi) is 5.72. The molecule has 0 atom stereocenters. The van der Waals surface area contributed by atoms with E-state index in [-0.39, 0.29) is 23.3 Å². The third-order valence-electron chi connectivity index (χ3n) is 3.34. The average Bonchev–Trinajstić information content (AvgIpc) is 3.19. The molecule has 0 aliphatic carbocycles. The number of carbonyl (C=O) groups excluding carboxylic acids is 1. The van der Waals surface area contributed by atoms with Crippen LogP contribution in [0.2, 0.25) is 0 Å². The topological polar surface area (TPSA) is 140 Å². The smallest absolute Gasteiger partial charge is 0.270 e. The van der Waals surface area contributed by atoms with Gasteiger partial charge in [-0.1, -0.05) is 18.1 Å². The van der Waals surface area contributed by atoms with E-state index in [1.54, 1.807) is 13.2 Å². The molecule has 3 rings (SSSR count). The van der Waals surface area contributed by atoms with Gasteiger partial charge in [0.25, 0.3) is 11.9 Å². The highest BCUT2D eigenvalue weighted by molar-refractivity contribution is 6.04. The molecule has 140 valence electrons. The summed E-state index contributed by atoms with van der Waals surface area (Å²) in [5, 5.41) is 18.5. The molecular formula is C16H18N8O3. The Morgan fingerprint density at radius 1 is 1.30 bits per heavy atom. The van der Waals surface area contributed by atoms with E-state index < -0.39 is 5.91 Å². The predicted octanol–water partition coefficient (Wildman–Crippen LogP) is 1.78. The van der Waals surface area contributed by atoms with Crippen LogP contribution in [0.5, 0.6) is 11.6 Å². The summed E-state index contributed by atoms with van der Waals surface area (Å²) in [6.07, 6.45) is 2.13. The first-order chi connectivity index (χ1) is 13.2. The van der Waals surface area contributed by atoms with Crippen molar-refractivity contribution in [2.45, 2.75) is 13.3 Å². The van der Waals surface area contributed by atoms with Gasteiger partial charge in [0.2, 0.25) is 11.8 Å². The monoisotopic (exact) mass is 370 g/mol. The number of carbonyl (C=O) groups is 1. The van der Waals surface area contributed by atoms with Crippen molar-refractivity contribution in [2.75, 3.05) is 24.4 Å². The van der Waals surface area contributed by atoms with Gasteiger partial charge in [-0.2, -0.15) is 10.2 Å². The maximum absolute atomic E-state index is 12.4. The molecule has 27 heavy (non-hydrogen) atoms. The number of aromatic amines is 1. The van der Waals surface area contributed by atoms with E-state index in [4.69, 9.17) is 9.47 Å². The first kappa shape index (κ1) is 18.0. The summed E-state index contributed by atoms with van der Waals surface area (Å²) in [6.45, 7) is 2.35. The van der Waals surface area contributed by atoms with Gasteiger partial charge in [0.15, 0.2) is 0 Å². The van der Waals surface area contributed by atoms with Gasteiger partial charge in [-0.15, -0.1) is 5.10 Å². The molecule has 3 aromatic rings. The average molecular weight is 370 g/mol. The minimum atomic E-state index is -0.504. The number of methoxy groups -OCH3 is 1. The summed E-state index contributed by atoms with van der Waals surface area (Å²) in [7, 11) is 1.59.